The number of rotatable bonds is 12. The number of benzene rings is 3. The minimum absolute atomic E-state index is 0.0707. The standard InChI is InChI=1S/C33H40O3/c1-6-32(35,7-2)20-19-27-13-18-31(21-25(27)5)33(8-3,9-4)30-16-14-28(15-17-30)29-12-10-11-26(22-29)23-36-24-34/h10-22,24,35H,6-9,23H2,1-5H3. The van der Waals surface area contributed by atoms with E-state index in [2.05, 4.69) is 81.4 Å². The van der Waals surface area contributed by atoms with Crippen LogP contribution in [0.15, 0.2) is 72.8 Å². The van der Waals surface area contributed by atoms with E-state index in [1.165, 1.54) is 16.7 Å². The minimum atomic E-state index is -0.746. The van der Waals surface area contributed by atoms with Gasteiger partial charge >= 0.3 is 0 Å². The first-order valence-corrected chi connectivity index (χ1v) is 13.1. The monoisotopic (exact) mass is 484 g/mol. The van der Waals surface area contributed by atoms with Crippen LogP contribution in [0, 0.1) is 6.92 Å². The molecule has 0 fully saturated rings. The predicted molar refractivity (Wildman–Crippen MR) is 150 cm³/mol. The topological polar surface area (TPSA) is 46.5 Å². The first kappa shape index (κ1) is 27.4. The third-order valence-electron chi connectivity index (χ3n) is 7.84. The van der Waals surface area contributed by atoms with Crippen LogP contribution in [-0.2, 0) is 21.6 Å². The van der Waals surface area contributed by atoms with Crippen molar-refractivity contribution < 1.29 is 14.6 Å². The van der Waals surface area contributed by atoms with Crippen LogP contribution in [-0.4, -0.2) is 17.2 Å². The highest BCUT2D eigenvalue weighted by Gasteiger charge is 2.31. The molecule has 190 valence electrons. The van der Waals surface area contributed by atoms with Crippen molar-refractivity contribution in [2.24, 2.45) is 0 Å². The highest BCUT2D eigenvalue weighted by atomic mass is 16.5. The van der Waals surface area contributed by atoms with E-state index in [1.54, 1.807) is 0 Å². The Balaban J connectivity index is 1.92. The molecule has 0 bridgehead atoms. The zero-order valence-corrected chi connectivity index (χ0v) is 22.4. The number of aryl methyl sites for hydroxylation is 1. The van der Waals surface area contributed by atoms with Crippen molar-refractivity contribution in [2.75, 3.05) is 0 Å². The van der Waals surface area contributed by atoms with Crippen molar-refractivity contribution in [1.82, 2.24) is 0 Å². The minimum Gasteiger partial charge on any atom is -0.463 e. The molecule has 0 atom stereocenters. The van der Waals surface area contributed by atoms with Crippen LogP contribution in [0.5, 0.6) is 0 Å². The van der Waals surface area contributed by atoms with Crippen molar-refractivity contribution in [3.8, 4) is 11.1 Å². The molecule has 3 aromatic rings. The highest BCUT2D eigenvalue weighted by molar-refractivity contribution is 5.65. The van der Waals surface area contributed by atoms with Crippen LogP contribution in [0.25, 0.3) is 17.2 Å². The van der Waals surface area contributed by atoms with Crippen LogP contribution in [0.1, 0.15) is 81.2 Å². The number of carbonyl (C=O) groups excluding carboxylic acids is 1. The van der Waals surface area contributed by atoms with Gasteiger partial charge in [0.05, 0.1) is 5.60 Å². The lowest BCUT2D eigenvalue weighted by Crippen LogP contribution is -2.26. The summed E-state index contributed by atoms with van der Waals surface area (Å²) in [6, 6.07) is 23.8. The molecule has 0 aliphatic rings. The number of aliphatic hydroxyl groups is 1. The van der Waals surface area contributed by atoms with E-state index >= 15 is 0 Å². The average molecular weight is 485 g/mol. The molecular weight excluding hydrogens is 444 g/mol. The van der Waals surface area contributed by atoms with Gasteiger partial charge in [-0.05, 0) is 77.6 Å². The van der Waals surface area contributed by atoms with E-state index in [9.17, 15) is 9.90 Å². The van der Waals surface area contributed by atoms with E-state index in [-0.39, 0.29) is 12.0 Å². The molecule has 0 aliphatic carbocycles. The van der Waals surface area contributed by atoms with Gasteiger partial charge in [0.25, 0.3) is 6.47 Å². The van der Waals surface area contributed by atoms with Crippen LogP contribution in [0.3, 0.4) is 0 Å². The van der Waals surface area contributed by atoms with Crippen LogP contribution in [0.2, 0.25) is 0 Å². The number of carbonyl (C=O) groups is 1. The van der Waals surface area contributed by atoms with E-state index in [0.717, 1.165) is 35.1 Å². The summed E-state index contributed by atoms with van der Waals surface area (Å²) in [5.41, 5.74) is 7.41. The number of hydrogen-bond acceptors (Lipinski definition) is 3. The van der Waals surface area contributed by atoms with Gasteiger partial charge in [-0.1, -0.05) is 101 Å². The summed E-state index contributed by atoms with van der Waals surface area (Å²) in [6.07, 6.45) is 7.43. The summed E-state index contributed by atoms with van der Waals surface area (Å²) in [5, 5.41) is 10.6. The van der Waals surface area contributed by atoms with Gasteiger partial charge < -0.3 is 9.84 Å². The second-order valence-corrected chi connectivity index (χ2v) is 9.69. The molecule has 36 heavy (non-hydrogen) atoms. The van der Waals surface area contributed by atoms with Gasteiger partial charge in [0.15, 0.2) is 0 Å². The summed E-state index contributed by atoms with van der Waals surface area (Å²) in [5.74, 6) is 0. The molecule has 1 N–H and O–H groups in total. The summed E-state index contributed by atoms with van der Waals surface area (Å²) in [7, 11) is 0. The third-order valence-corrected chi connectivity index (χ3v) is 7.84. The SMILES string of the molecule is CCC(O)(C=Cc1ccc(C(CC)(CC)c2ccc(-c3cccc(COC=O)c3)cc2)cc1C)CC. The Kier molecular flexibility index (Phi) is 9.28. The molecule has 0 saturated heterocycles. The number of ether oxygens (including phenoxy) is 1. The predicted octanol–water partition coefficient (Wildman–Crippen LogP) is 8.01. The molecule has 3 aromatic carbocycles. The molecule has 0 spiro atoms. The van der Waals surface area contributed by atoms with E-state index in [1.807, 2.05) is 32.1 Å². The van der Waals surface area contributed by atoms with E-state index in [4.69, 9.17) is 4.74 Å². The Morgan fingerprint density at radius 2 is 1.47 bits per heavy atom. The second kappa shape index (κ2) is 12.2. The molecule has 0 unspecified atom stereocenters. The average Bonchev–Trinajstić information content (AvgIpc) is 2.92. The lowest BCUT2D eigenvalue weighted by Gasteiger charge is -2.34. The molecule has 3 heteroatoms. The second-order valence-electron chi connectivity index (χ2n) is 9.69. The number of hydrogen-bond donors (Lipinski definition) is 1. The Morgan fingerprint density at radius 1 is 0.806 bits per heavy atom. The van der Waals surface area contributed by atoms with Crippen molar-refractivity contribution in [3.05, 3.63) is 101 Å². The van der Waals surface area contributed by atoms with Gasteiger partial charge in [-0.2, -0.15) is 0 Å². The van der Waals surface area contributed by atoms with Crippen LogP contribution >= 0.6 is 0 Å². The molecule has 0 aromatic heterocycles. The summed E-state index contributed by atoms with van der Waals surface area (Å²) < 4.78 is 4.92. The summed E-state index contributed by atoms with van der Waals surface area (Å²) in [6.45, 7) is 11.5. The molecule has 3 rings (SSSR count). The Hall–Kier alpha value is -3.17. The molecule has 3 nitrogen and oxygen atoms in total. The fraction of sp³-hybridized carbons (Fsp3) is 0.364. The maximum Gasteiger partial charge on any atom is 0.293 e. The molecule has 0 aliphatic heterocycles. The first-order valence-electron chi connectivity index (χ1n) is 13.1. The lowest BCUT2D eigenvalue weighted by atomic mass is 9.70. The van der Waals surface area contributed by atoms with E-state index in [0.29, 0.717) is 19.3 Å². The maximum absolute atomic E-state index is 10.6. The zero-order valence-electron chi connectivity index (χ0n) is 22.4. The molecule has 0 saturated carbocycles. The Bertz CT molecular complexity index is 1170. The summed E-state index contributed by atoms with van der Waals surface area (Å²) in [4.78, 5) is 10.5. The van der Waals surface area contributed by atoms with Gasteiger partial charge in [-0.25, -0.2) is 0 Å². The normalized spacial score (nSPS) is 12.2. The van der Waals surface area contributed by atoms with Crippen molar-refractivity contribution in [3.63, 3.8) is 0 Å². The largest absolute Gasteiger partial charge is 0.463 e. The van der Waals surface area contributed by atoms with Crippen LogP contribution < -0.4 is 0 Å². The Morgan fingerprint density at radius 3 is 2.06 bits per heavy atom. The molecule has 0 heterocycles. The fourth-order valence-corrected chi connectivity index (χ4v) is 5.08. The van der Waals surface area contributed by atoms with Gasteiger partial charge in [0, 0.05) is 5.41 Å². The lowest BCUT2D eigenvalue weighted by molar-refractivity contribution is -0.129. The first-order chi connectivity index (χ1) is 17.3. The smallest absolute Gasteiger partial charge is 0.293 e. The van der Waals surface area contributed by atoms with Crippen molar-refractivity contribution >= 4 is 12.5 Å². The maximum atomic E-state index is 10.6. The van der Waals surface area contributed by atoms with E-state index < -0.39 is 5.60 Å². The van der Waals surface area contributed by atoms with Crippen molar-refractivity contribution in [1.29, 1.82) is 0 Å². The van der Waals surface area contributed by atoms with Gasteiger partial charge in [-0.15, -0.1) is 0 Å². The highest BCUT2D eigenvalue weighted by Crippen LogP contribution is 2.40. The third kappa shape index (κ3) is 5.96. The quantitative estimate of drug-likeness (QED) is 0.265. The van der Waals surface area contributed by atoms with Crippen LogP contribution in [0.4, 0.5) is 0 Å². The molecule has 0 radical (unpaired) electrons. The Labute approximate surface area is 216 Å². The van der Waals surface area contributed by atoms with Gasteiger partial charge in [-0.3, -0.25) is 4.79 Å². The van der Waals surface area contributed by atoms with Gasteiger partial charge in [0.2, 0.25) is 0 Å². The molecule has 0 amide bonds. The van der Waals surface area contributed by atoms with Gasteiger partial charge in [0.1, 0.15) is 6.61 Å². The van der Waals surface area contributed by atoms with Crippen molar-refractivity contribution in [2.45, 2.75) is 77.9 Å². The zero-order chi connectivity index (χ0) is 26.2. The fourth-order valence-electron chi connectivity index (χ4n) is 5.08. The molecular formula is C33H40O3. The summed E-state index contributed by atoms with van der Waals surface area (Å²) >= 11 is 0.